The molecular formula is C36H42N2O6. The van der Waals surface area contributed by atoms with Crippen LogP contribution in [0, 0.1) is 0 Å². The number of ether oxygens (including phenoxy) is 3. The third-order valence-electron chi connectivity index (χ3n) is 8.30. The average molecular weight is 599 g/mol. The predicted octanol–water partition coefficient (Wildman–Crippen LogP) is 6.14. The second-order valence-corrected chi connectivity index (χ2v) is 11.2. The van der Waals surface area contributed by atoms with E-state index in [1.54, 1.807) is 11.0 Å². The van der Waals surface area contributed by atoms with Gasteiger partial charge in [0, 0.05) is 18.5 Å². The lowest BCUT2D eigenvalue weighted by Crippen LogP contribution is -2.33. The summed E-state index contributed by atoms with van der Waals surface area (Å²) in [6.07, 6.45) is 1.44. The zero-order valence-corrected chi connectivity index (χ0v) is 26.0. The minimum atomic E-state index is -0.780. The van der Waals surface area contributed by atoms with E-state index >= 15 is 0 Å². The standard InChI is InChI=1S/C36H42N2O6/c1-5-37(6-2)18-11-19-38-33(26-14-17-30(31(22-26)42-7-3)43-23-25-12-9-8-10-13-25)32(35(40)36(38)41)34(39)27-15-16-29-28(21-27)20-24(4)44-29/h8-10,12-17,21-22,24,33,39H,5-7,11,18-20,23H2,1-4H3/b34-32+/t24-,33-/m0/s1. The summed E-state index contributed by atoms with van der Waals surface area (Å²) in [6, 6.07) is 20.0. The number of hydrogen-bond donors (Lipinski definition) is 1. The lowest BCUT2D eigenvalue weighted by atomic mass is 9.94. The Hall–Kier alpha value is -4.30. The molecule has 0 bridgehead atoms. The van der Waals surface area contributed by atoms with Crippen molar-refractivity contribution in [1.82, 2.24) is 9.80 Å². The molecule has 1 N–H and O–H groups in total. The van der Waals surface area contributed by atoms with Gasteiger partial charge in [-0.15, -0.1) is 0 Å². The molecule has 1 amide bonds. The van der Waals surface area contributed by atoms with E-state index in [1.807, 2.05) is 74.5 Å². The highest BCUT2D eigenvalue weighted by Gasteiger charge is 2.46. The highest BCUT2D eigenvalue weighted by atomic mass is 16.5. The van der Waals surface area contributed by atoms with Crippen molar-refractivity contribution < 1.29 is 28.9 Å². The average Bonchev–Trinajstić information content (AvgIpc) is 3.53. The summed E-state index contributed by atoms with van der Waals surface area (Å²) in [6.45, 7) is 11.8. The molecule has 0 unspecified atom stereocenters. The number of benzene rings is 3. The number of amides is 1. The zero-order valence-electron chi connectivity index (χ0n) is 26.0. The second kappa shape index (κ2) is 14.0. The molecule has 0 aromatic heterocycles. The van der Waals surface area contributed by atoms with Crippen LogP contribution in [-0.4, -0.2) is 65.5 Å². The SMILES string of the molecule is CCOc1cc([C@H]2/C(=C(\O)c3ccc4c(c3)C[C@H](C)O4)C(=O)C(=O)N2CCCN(CC)CC)ccc1OCc1ccccc1. The number of aliphatic hydroxyl groups excluding tert-OH is 1. The van der Waals surface area contributed by atoms with Crippen LogP contribution in [0.1, 0.15) is 62.4 Å². The van der Waals surface area contributed by atoms with Crippen LogP contribution in [0.5, 0.6) is 17.2 Å². The minimum Gasteiger partial charge on any atom is -0.507 e. The molecule has 1 fully saturated rings. The van der Waals surface area contributed by atoms with Crippen LogP contribution in [0.2, 0.25) is 0 Å². The normalized spacial score (nSPS) is 18.9. The van der Waals surface area contributed by atoms with Crippen molar-refractivity contribution in [2.45, 2.75) is 59.3 Å². The lowest BCUT2D eigenvalue weighted by Gasteiger charge is -2.27. The van der Waals surface area contributed by atoms with Gasteiger partial charge in [-0.25, -0.2) is 0 Å². The summed E-state index contributed by atoms with van der Waals surface area (Å²) in [5.41, 5.74) is 3.22. The fraction of sp³-hybridized carbons (Fsp3) is 0.389. The molecule has 2 aliphatic rings. The van der Waals surface area contributed by atoms with Gasteiger partial charge in [0.1, 0.15) is 24.2 Å². The topological polar surface area (TPSA) is 88.5 Å². The van der Waals surface area contributed by atoms with Gasteiger partial charge in [-0.2, -0.15) is 0 Å². The van der Waals surface area contributed by atoms with Gasteiger partial charge in [0.05, 0.1) is 18.2 Å². The summed E-state index contributed by atoms with van der Waals surface area (Å²) in [5, 5.41) is 11.7. The van der Waals surface area contributed by atoms with Gasteiger partial charge >= 0.3 is 0 Å². The third kappa shape index (κ3) is 6.60. The molecule has 0 spiro atoms. The molecule has 3 aromatic carbocycles. The third-order valence-corrected chi connectivity index (χ3v) is 8.30. The van der Waals surface area contributed by atoms with Crippen molar-refractivity contribution in [3.05, 3.63) is 94.6 Å². The molecule has 2 atom stereocenters. The highest BCUT2D eigenvalue weighted by Crippen LogP contribution is 2.43. The number of nitrogens with zero attached hydrogens (tertiary/aromatic N) is 2. The molecule has 0 saturated carbocycles. The van der Waals surface area contributed by atoms with Crippen LogP contribution in [0.15, 0.2) is 72.3 Å². The van der Waals surface area contributed by atoms with Gasteiger partial charge in [0.15, 0.2) is 11.5 Å². The van der Waals surface area contributed by atoms with Crippen LogP contribution < -0.4 is 14.2 Å². The maximum atomic E-state index is 13.6. The maximum absolute atomic E-state index is 13.6. The molecule has 0 aliphatic carbocycles. The van der Waals surface area contributed by atoms with Crippen molar-refractivity contribution >= 4 is 17.4 Å². The van der Waals surface area contributed by atoms with E-state index in [9.17, 15) is 14.7 Å². The van der Waals surface area contributed by atoms with Crippen LogP contribution in [-0.2, 0) is 22.6 Å². The van der Waals surface area contributed by atoms with E-state index in [-0.39, 0.29) is 17.4 Å². The van der Waals surface area contributed by atoms with Gasteiger partial charge in [0.2, 0.25) is 0 Å². The van der Waals surface area contributed by atoms with E-state index in [0.29, 0.717) is 55.2 Å². The van der Waals surface area contributed by atoms with Crippen LogP contribution >= 0.6 is 0 Å². The predicted molar refractivity (Wildman–Crippen MR) is 170 cm³/mol. The number of rotatable bonds is 13. The second-order valence-electron chi connectivity index (χ2n) is 11.2. The number of ketones is 1. The molecule has 2 aliphatic heterocycles. The Labute approximate surface area is 259 Å². The Morgan fingerprint density at radius 2 is 1.75 bits per heavy atom. The number of likely N-dealkylation sites (tertiary alicyclic amines) is 1. The first kappa shape index (κ1) is 31.1. The van der Waals surface area contributed by atoms with Crippen molar-refractivity contribution in [1.29, 1.82) is 0 Å². The van der Waals surface area contributed by atoms with Crippen LogP contribution in [0.3, 0.4) is 0 Å². The van der Waals surface area contributed by atoms with Gasteiger partial charge in [-0.1, -0.05) is 50.2 Å². The Kier molecular flexibility index (Phi) is 9.90. The molecule has 2 heterocycles. The number of carbonyl (C=O) groups excluding carboxylic acids is 2. The first-order valence-electron chi connectivity index (χ1n) is 15.6. The molecule has 8 nitrogen and oxygen atoms in total. The van der Waals surface area contributed by atoms with Gasteiger partial charge in [-0.05, 0) is 86.9 Å². The molecule has 1 saturated heterocycles. The Morgan fingerprint density at radius 1 is 0.977 bits per heavy atom. The van der Waals surface area contributed by atoms with Crippen molar-refractivity contribution in [3.8, 4) is 17.2 Å². The van der Waals surface area contributed by atoms with E-state index in [2.05, 4.69) is 18.7 Å². The minimum absolute atomic E-state index is 0.0402. The van der Waals surface area contributed by atoms with Gasteiger partial charge in [0.25, 0.3) is 11.7 Å². The monoisotopic (exact) mass is 598 g/mol. The Balaban J connectivity index is 1.53. The fourth-order valence-corrected chi connectivity index (χ4v) is 6.00. The largest absolute Gasteiger partial charge is 0.507 e. The highest BCUT2D eigenvalue weighted by molar-refractivity contribution is 6.46. The number of aliphatic hydroxyl groups is 1. The maximum Gasteiger partial charge on any atom is 0.295 e. The first-order valence-corrected chi connectivity index (χ1v) is 15.6. The van der Waals surface area contributed by atoms with Crippen LogP contribution in [0.4, 0.5) is 0 Å². The molecule has 3 aromatic rings. The number of Topliss-reactive ketones (excluding diaryl/α,β-unsaturated/α-hetero) is 1. The van der Waals surface area contributed by atoms with E-state index < -0.39 is 17.7 Å². The number of carbonyl (C=O) groups is 2. The van der Waals surface area contributed by atoms with E-state index in [0.717, 1.165) is 36.5 Å². The Morgan fingerprint density at radius 3 is 2.48 bits per heavy atom. The zero-order chi connectivity index (χ0) is 31.2. The summed E-state index contributed by atoms with van der Waals surface area (Å²) in [7, 11) is 0. The lowest BCUT2D eigenvalue weighted by molar-refractivity contribution is -0.140. The van der Waals surface area contributed by atoms with Gasteiger partial charge in [-0.3, -0.25) is 9.59 Å². The number of fused-ring (bicyclic) bond motifs is 1. The molecule has 8 heteroatoms. The Bertz CT molecular complexity index is 1510. The van der Waals surface area contributed by atoms with Gasteiger partial charge < -0.3 is 29.1 Å². The van der Waals surface area contributed by atoms with E-state index in [4.69, 9.17) is 14.2 Å². The summed E-state index contributed by atoms with van der Waals surface area (Å²) >= 11 is 0. The van der Waals surface area contributed by atoms with Crippen molar-refractivity contribution in [3.63, 3.8) is 0 Å². The molecule has 5 rings (SSSR count). The summed E-state index contributed by atoms with van der Waals surface area (Å²) < 4.78 is 17.9. The summed E-state index contributed by atoms with van der Waals surface area (Å²) in [5.74, 6) is 0.350. The van der Waals surface area contributed by atoms with Crippen LogP contribution in [0.25, 0.3) is 5.76 Å². The quantitative estimate of drug-likeness (QED) is 0.144. The molecular weight excluding hydrogens is 556 g/mol. The van der Waals surface area contributed by atoms with E-state index in [1.165, 1.54) is 0 Å². The molecule has 0 radical (unpaired) electrons. The molecule has 232 valence electrons. The number of hydrogen-bond acceptors (Lipinski definition) is 7. The fourth-order valence-electron chi connectivity index (χ4n) is 6.00. The van der Waals surface area contributed by atoms with Crippen molar-refractivity contribution in [2.24, 2.45) is 0 Å². The first-order chi connectivity index (χ1) is 21.3. The summed E-state index contributed by atoms with van der Waals surface area (Å²) in [4.78, 5) is 31.1. The van der Waals surface area contributed by atoms with Crippen molar-refractivity contribution in [2.75, 3.05) is 32.8 Å². The smallest absolute Gasteiger partial charge is 0.295 e. The molecule has 44 heavy (non-hydrogen) atoms.